The van der Waals surface area contributed by atoms with Crippen molar-refractivity contribution in [2.75, 3.05) is 26.4 Å². The van der Waals surface area contributed by atoms with Crippen LogP contribution in [0.3, 0.4) is 0 Å². The monoisotopic (exact) mass is 249 g/mol. The normalized spacial score (nSPS) is 10.9. The summed E-state index contributed by atoms with van der Waals surface area (Å²) in [6.45, 7) is 1.05. The Morgan fingerprint density at radius 2 is 2.00 bits per heavy atom. The Hall–Kier alpha value is 0.110. The van der Waals surface area contributed by atoms with Crippen molar-refractivity contribution < 1.29 is 0 Å². The summed E-state index contributed by atoms with van der Waals surface area (Å²) >= 11 is 13.6. The fraction of sp³-hybridized carbons (Fsp3) is 0.400. The maximum atomic E-state index is 6.03. The fourth-order valence-corrected chi connectivity index (χ4v) is 2.54. The molecule has 0 aromatic heterocycles. The number of benzene rings is 1. The molecule has 1 aromatic carbocycles. The van der Waals surface area contributed by atoms with Crippen LogP contribution in [0, 0.1) is 0 Å². The number of hydrogen-bond donors (Lipinski definition) is 0. The van der Waals surface area contributed by atoms with E-state index in [9.17, 15) is 0 Å². The summed E-state index contributed by atoms with van der Waals surface area (Å²) in [6.07, 6.45) is 0. The van der Waals surface area contributed by atoms with Crippen LogP contribution in [0.4, 0.5) is 0 Å². The maximum Gasteiger partial charge on any atom is 0.0556 e. The molecule has 0 saturated heterocycles. The van der Waals surface area contributed by atoms with Crippen LogP contribution >= 0.6 is 35.0 Å². The van der Waals surface area contributed by atoms with E-state index >= 15 is 0 Å². The van der Waals surface area contributed by atoms with Crippen molar-refractivity contribution in [1.29, 1.82) is 0 Å². The Kier molecular flexibility index (Phi) is 5.10. The number of nitrogens with zero attached hydrogens (tertiary/aromatic N) is 1. The molecule has 14 heavy (non-hydrogen) atoms. The lowest BCUT2D eigenvalue weighted by Crippen LogP contribution is -2.14. The standard InChI is InChI=1S/C10H13Cl2NS/c1-13(2)5-6-14-10-4-3-8(11)7-9(10)12/h3-4,7H,5-6H2,1-2H3. The Labute approximate surface area is 99.4 Å². The Balaban J connectivity index is 2.51. The van der Waals surface area contributed by atoms with Crippen molar-refractivity contribution in [3.8, 4) is 0 Å². The molecular weight excluding hydrogens is 237 g/mol. The predicted molar refractivity (Wildman–Crippen MR) is 65.7 cm³/mol. The van der Waals surface area contributed by atoms with E-state index in [-0.39, 0.29) is 0 Å². The molecule has 1 rings (SSSR count). The van der Waals surface area contributed by atoms with Crippen molar-refractivity contribution in [2.24, 2.45) is 0 Å². The summed E-state index contributed by atoms with van der Waals surface area (Å²) in [7, 11) is 4.12. The minimum atomic E-state index is 0.687. The smallest absolute Gasteiger partial charge is 0.0556 e. The molecule has 0 aliphatic carbocycles. The van der Waals surface area contributed by atoms with Crippen molar-refractivity contribution in [2.45, 2.75) is 4.90 Å². The highest BCUT2D eigenvalue weighted by Crippen LogP contribution is 2.29. The van der Waals surface area contributed by atoms with E-state index in [1.165, 1.54) is 0 Å². The molecule has 4 heteroatoms. The largest absolute Gasteiger partial charge is 0.309 e. The van der Waals surface area contributed by atoms with Gasteiger partial charge in [0.25, 0.3) is 0 Å². The van der Waals surface area contributed by atoms with Gasteiger partial charge in [0.1, 0.15) is 0 Å². The Bertz CT molecular complexity index is 302. The first-order chi connectivity index (χ1) is 6.59. The molecule has 0 radical (unpaired) electrons. The molecule has 0 amide bonds. The van der Waals surface area contributed by atoms with Gasteiger partial charge in [-0.25, -0.2) is 0 Å². The highest BCUT2D eigenvalue weighted by atomic mass is 35.5. The molecule has 0 aliphatic rings. The molecule has 0 spiro atoms. The molecule has 78 valence electrons. The molecule has 0 atom stereocenters. The first-order valence-electron chi connectivity index (χ1n) is 4.32. The van der Waals surface area contributed by atoms with Crippen LogP contribution in [0.2, 0.25) is 10.0 Å². The van der Waals surface area contributed by atoms with Crippen molar-refractivity contribution in [3.63, 3.8) is 0 Å². The summed E-state index contributed by atoms with van der Waals surface area (Å²) in [5.74, 6) is 1.04. The number of rotatable bonds is 4. The SMILES string of the molecule is CN(C)CCSc1ccc(Cl)cc1Cl. The summed E-state index contributed by atoms with van der Waals surface area (Å²) < 4.78 is 0. The lowest BCUT2D eigenvalue weighted by atomic mass is 10.4. The van der Waals surface area contributed by atoms with Crippen LogP contribution in [0.1, 0.15) is 0 Å². The number of halogens is 2. The van der Waals surface area contributed by atoms with Gasteiger partial charge in [0.2, 0.25) is 0 Å². The topological polar surface area (TPSA) is 3.24 Å². The zero-order chi connectivity index (χ0) is 10.6. The molecule has 0 unspecified atom stereocenters. The molecule has 0 bridgehead atoms. The third-order valence-electron chi connectivity index (χ3n) is 1.69. The average Bonchev–Trinajstić information content (AvgIpc) is 2.08. The summed E-state index contributed by atoms with van der Waals surface area (Å²) in [5.41, 5.74) is 0. The van der Waals surface area contributed by atoms with Gasteiger partial charge in [0, 0.05) is 22.2 Å². The van der Waals surface area contributed by atoms with E-state index in [1.54, 1.807) is 17.8 Å². The minimum Gasteiger partial charge on any atom is -0.309 e. The van der Waals surface area contributed by atoms with Gasteiger partial charge in [-0.05, 0) is 32.3 Å². The highest BCUT2D eigenvalue weighted by Gasteiger charge is 2.01. The molecule has 1 aromatic rings. The van der Waals surface area contributed by atoms with E-state index in [1.807, 2.05) is 12.1 Å². The maximum absolute atomic E-state index is 6.03. The Morgan fingerprint density at radius 3 is 2.57 bits per heavy atom. The van der Waals surface area contributed by atoms with Gasteiger partial charge in [-0.2, -0.15) is 0 Å². The first-order valence-corrected chi connectivity index (χ1v) is 6.06. The van der Waals surface area contributed by atoms with Crippen LogP contribution in [-0.2, 0) is 0 Å². The van der Waals surface area contributed by atoms with Crippen molar-refractivity contribution in [1.82, 2.24) is 4.90 Å². The van der Waals surface area contributed by atoms with Crippen LogP contribution in [0.15, 0.2) is 23.1 Å². The zero-order valence-corrected chi connectivity index (χ0v) is 10.6. The van der Waals surface area contributed by atoms with E-state index in [4.69, 9.17) is 23.2 Å². The molecule has 1 nitrogen and oxygen atoms in total. The van der Waals surface area contributed by atoms with Gasteiger partial charge in [-0.15, -0.1) is 11.8 Å². The minimum absolute atomic E-state index is 0.687. The quantitative estimate of drug-likeness (QED) is 0.750. The van der Waals surface area contributed by atoms with E-state index in [0.29, 0.717) is 5.02 Å². The number of hydrogen-bond acceptors (Lipinski definition) is 2. The Morgan fingerprint density at radius 1 is 1.29 bits per heavy atom. The van der Waals surface area contributed by atoms with E-state index < -0.39 is 0 Å². The van der Waals surface area contributed by atoms with Gasteiger partial charge in [-0.3, -0.25) is 0 Å². The second-order valence-electron chi connectivity index (χ2n) is 3.23. The first kappa shape index (κ1) is 12.2. The van der Waals surface area contributed by atoms with Crippen LogP contribution in [0.25, 0.3) is 0 Å². The lowest BCUT2D eigenvalue weighted by Gasteiger charge is -2.09. The van der Waals surface area contributed by atoms with Gasteiger partial charge in [0.15, 0.2) is 0 Å². The lowest BCUT2D eigenvalue weighted by molar-refractivity contribution is 0.437. The van der Waals surface area contributed by atoms with E-state index in [0.717, 1.165) is 22.2 Å². The summed E-state index contributed by atoms with van der Waals surface area (Å²) in [5, 5.41) is 1.42. The molecule has 0 N–H and O–H groups in total. The highest BCUT2D eigenvalue weighted by molar-refractivity contribution is 7.99. The van der Waals surface area contributed by atoms with Gasteiger partial charge < -0.3 is 4.90 Å². The molecule has 0 aliphatic heterocycles. The van der Waals surface area contributed by atoms with Crippen molar-refractivity contribution in [3.05, 3.63) is 28.2 Å². The zero-order valence-electron chi connectivity index (χ0n) is 8.26. The third-order valence-corrected chi connectivity index (χ3v) is 3.40. The molecule has 0 heterocycles. The van der Waals surface area contributed by atoms with Crippen molar-refractivity contribution >= 4 is 35.0 Å². The summed E-state index contributed by atoms with van der Waals surface area (Å²) in [4.78, 5) is 3.24. The van der Waals surface area contributed by atoms with Crippen LogP contribution in [-0.4, -0.2) is 31.3 Å². The predicted octanol–water partition coefficient (Wildman–Crippen LogP) is 3.65. The molecule has 0 fully saturated rings. The summed E-state index contributed by atoms with van der Waals surface area (Å²) in [6, 6.07) is 5.61. The average molecular weight is 250 g/mol. The van der Waals surface area contributed by atoms with Crippen LogP contribution < -0.4 is 0 Å². The van der Waals surface area contributed by atoms with Gasteiger partial charge >= 0.3 is 0 Å². The van der Waals surface area contributed by atoms with E-state index in [2.05, 4.69) is 19.0 Å². The fourth-order valence-electron chi connectivity index (χ4n) is 0.930. The van der Waals surface area contributed by atoms with Crippen LogP contribution in [0.5, 0.6) is 0 Å². The third kappa shape index (κ3) is 4.09. The number of thioether (sulfide) groups is 1. The molecular formula is C10H13Cl2NS. The molecule has 0 saturated carbocycles. The van der Waals surface area contributed by atoms with Gasteiger partial charge in [0.05, 0.1) is 5.02 Å². The van der Waals surface area contributed by atoms with Gasteiger partial charge in [-0.1, -0.05) is 23.2 Å². The second-order valence-corrected chi connectivity index (χ2v) is 5.21. The second kappa shape index (κ2) is 5.86.